The van der Waals surface area contributed by atoms with E-state index in [1.165, 1.54) is 44.9 Å². The summed E-state index contributed by atoms with van der Waals surface area (Å²) >= 11 is 0. The molecule has 0 unspecified atom stereocenters. The van der Waals surface area contributed by atoms with Crippen LogP contribution in [0, 0.1) is 11.8 Å². The first-order valence-electron chi connectivity index (χ1n) is 9.04. The molecule has 4 nitrogen and oxygen atoms in total. The van der Waals surface area contributed by atoms with Crippen molar-refractivity contribution in [3.63, 3.8) is 0 Å². The van der Waals surface area contributed by atoms with Crippen molar-refractivity contribution in [3.8, 4) is 0 Å². The first-order chi connectivity index (χ1) is 10.8. The van der Waals surface area contributed by atoms with Crippen LogP contribution < -0.4 is 0 Å². The van der Waals surface area contributed by atoms with Crippen molar-refractivity contribution in [2.75, 3.05) is 26.3 Å². The summed E-state index contributed by atoms with van der Waals surface area (Å²) < 4.78 is 13.4. The van der Waals surface area contributed by atoms with E-state index in [0.29, 0.717) is 5.92 Å². The van der Waals surface area contributed by atoms with Crippen LogP contribution in [0.25, 0.3) is 0 Å². The van der Waals surface area contributed by atoms with Gasteiger partial charge in [-0.15, -0.1) is 0 Å². The van der Waals surface area contributed by atoms with Crippen LogP contribution in [0.2, 0.25) is 0 Å². The Balaban J connectivity index is 1.44. The van der Waals surface area contributed by atoms with Gasteiger partial charge in [0.1, 0.15) is 5.82 Å². The van der Waals surface area contributed by atoms with Gasteiger partial charge in [0.25, 0.3) is 0 Å². The zero-order valence-electron chi connectivity index (χ0n) is 13.3. The van der Waals surface area contributed by atoms with Crippen LogP contribution in [-0.2, 0) is 0 Å². The highest BCUT2D eigenvalue weighted by atomic mass is 19.1. The Hall–Kier alpha value is -0.970. The number of nitrogens with zero attached hydrogens (tertiary/aromatic N) is 3. The van der Waals surface area contributed by atoms with Gasteiger partial charge in [-0.05, 0) is 31.6 Å². The van der Waals surface area contributed by atoms with Crippen LogP contribution >= 0.6 is 0 Å². The number of nitrogens with one attached hydrogen (secondary N) is 1. The molecule has 5 heteroatoms. The predicted molar refractivity (Wildman–Crippen MR) is 83.6 cm³/mol. The Morgan fingerprint density at radius 3 is 2.64 bits per heavy atom. The smallest absolute Gasteiger partial charge is 0.153 e. The number of halogens is 1. The lowest BCUT2D eigenvalue weighted by molar-refractivity contribution is 0.292. The van der Waals surface area contributed by atoms with E-state index in [0.717, 1.165) is 37.2 Å². The highest BCUT2D eigenvalue weighted by Crippen LogP contribution is 2.37. The second-order valence-electron chi connectivity index (χ2n) is 7.60. The average Bonchev–Trinajstić information content (AvgIpc) is 3.09. The minimum atomic E-state index is -0.245. The molecule has 3 fully saturated rings. The number of H-pyrrole nitrogens is 1. The van der Waals surface area contributed by atoms with Crippen molar-refractivity contribution in [3.05, 3.63) is 11.6 Å². The number of alkyl halides is 1. The van der Waals surface area contributed by atoms with Gasteiger partial charge in [0, 0.05) is 37.4 Å². The zero-order valence-corrected chi connectivity index (χ0v) is 13.3. The lowest BCUT2D eigenvalue weighted by atomic mass is 9.89. The Morgan fingerprint density at radius 1 is 1.09 bits per heavy atom. The Kier molecular flexibility index (Phi) is 4.16. The van der Waals surface area contributed by atoms with Crippen LogP contribution in [0.1, 0.15) is 68.4 Å². The summed E-state index contributed by atoms with van der Waals surface area (Å²) in [6.45, 7) is 2.74. The molecule has 2 heterocycles. The third-order valence-electron chi connectivity index (χ3n) is 5.77. The first kappa shape index (κ1) is 14.6. The summed E-state index contributed by atoms with van der Waals surface area (Å²) in [5, 5.41) is 7.62. The highest BCUT2D eigenvalue weighted by Gasteiger charge is 2.38. The van der Waals surface area contributed by atoms with Gasteiger partial charge in [-0.25, -0.2) is 4.98 Å². The number of likely N-dealkylation sites (tertiary alicyclic amines) is 1. The molecule has 4 rings (SSSR count). The Bertz CT molecular complexity index is 493. The molecule has 2 saturated carbocycles. The van der Waals surface area contributed by atoms with Crippen molar-refractivity contribution in [1.82, 2.24) is 20.1 Å². The van der Waals surface area contributed by atoms with E-state index in [2.05, 4.69) is 15.1 Å². The molecule has 0 amide bonds. The summed E-state index contributed by atoms with van der Waals surface area (Å²) in [6, 6.07) is 0. The van der Waals surface area contributed by atoms with E-state index in [-0.39, 0.29) is 18.5 Å². The molecule has 0 aromatic carbocycles. The van der Waals surface area contributed by atoms with E-state index in [9.17, 15) is 4.39 Å². The van der Waals surface area contributed by atoms with E-state index < -0.39 is 0 Å². The molecule has 0 radical (unpaired) electrons. The summed E-state index contributed by atoms with van der Waals surface area (Å²) in [5.41, 5.74) is 0. The standard InChI is InChI=1S/C17H27FN4/c18-8-14-10-22(9-12-6-7-12)11-15(14)17-19-16(20-21-17)13-4-2-1-3-5-13/h12-15H,1-11H2,(H,19,20,21)/t14-,15-/m1/s1. The van der Waals surface area contributed by atoms with Crippen molar-refractivity contribution < 1.29 is 4.39 Å². The molecular weight excluding hydrogens is 279 g/mol. The van der Waals surface area contributed by atoms with E-state index in [4.69, 9.17) is 4.98 Å². The van der Waals surface area contributed by atoms with Gasteiger partial charge in [0.2, 0.25) is 0 Å². The molecule has 0 spiro atoms. The average molecular weight is 306 g/mol. The number of rotatable bonds is 5. The normalized spacial score (nSPS) is 31.0. The van der Waals surface area contributed by atoms with Crippen LogP contribution in [0.3, 0.4) is 0 Å². The van der Waals surface area contributed by atoms with Gasteiger partial charge in [-0.2, -0.15) is 5.10 Å². The maximum atomic E-state index is 13.4. The van der Waals surface area contributed by atoms with Gasteiger partial charge < -0.3 is 4.90 Å². The molecule has 2 atom stereocenters. The molecule has 3 aliphatic rings. The Labute approximate surface area is 131 Å². The van der Waals surface area contributed by atoms with Crippen LogP contribution in [0.5, 0.6) is 0 Å². The maximum absolute atomic E-state index is 13.4. The van der Waals surface area contributed by atoms with E-state index >= 15 is 0 Å². The van der Waals surface area contributed by atoms with Gasteiger partial charge in [0.15, 0.2) is 5.82 Å². The Morgan fingerprint density at radius 2 is 1.91 bits per heavy atom. The minimum Gasteiger partial charge on any atom is -0.302 e. The van der Waals surface area contributed by atoms with Crippen molar-refractivity contribution in [1.29, 1.82) is 0 Å². The molecule has 1 saturated heterocycles. The van der Waals surface area contributed by atoms with E-state index in [1.54, 1.807) is 0 Å². The monoisotopic (exact) mass is 306 g/mol. The molecule has 1 aliphatic heterocycles. The summed E-state index contributed by atoms with van der Waals surface area (Å²) in [4.78, 5) is 7.22. The van der Waals surface area contributed by atoms with Crippen LogP contribution in [0.4, 0.5) is 4.39 Å². The van der Waals surface area contributed by atoms with Gasteiger partial charge in [-0.3, -0.25) is 9.49 Å². The fourth-order valence-electron chi connectivity index (χ4n) is 4.24. The second kappa shape index (κ2) is 6.26. The minimum absolute atomic E-state index is 0.0888. The predicted octanol–water partition coefficient (Wildman–Crippen LogP) is 3.25. The molecule has 1 aromatic heterocycles. The van der Waals surface area contributed by atoms with E-state index in [1.807, 2.05) is 0 Å². The third kappa shape index (κ3) is 3.05. The van der Waals surface area contributed by atoms with Gasteiger partial charge >= 0.3 is 0 Å². The quantitative estimate of drug-likeness (QED) is 0.908. The second-order valence-corrected chi connectivity index (χ2v) is 7.60. The number of hydrogen-bond donors (Lipinski definition) is 1. The lowest BCUT2D eigenvalue weighted by Crippen LogP contribution is -2.23. The number of hydrogen-bond acceptors (Lipinski definition) is 3. The van der Waals surface area contributed by atoms with Gasteiger partial charge in [0.05, 0.1) is 6.67 Å². The molecule has 1 N–H and O–H groups in total. The van der Waals surface area contributed by atoms with Crippen molar-refractivity contribution in [2.24, 2.45) is 11.8 Å². The molecule has 1 aromatic rings. The SMILES string of the molecule is FC[C@@H]1CN(CC2CC2)C[C@H]1c1nc(C2CCCCC2)n[nH]1. The third-order valence-corrected chi connectivity index (χ3v) is 5.77. The van der Waals surface area contributed by atoms with Gasteiger partial charge in [-0.1, -0.05) is 19.3 Å². The van der Waals surface area contributed by atoms with Crippen molar-refractivity contribution >= 4 is 0 Å². The first-order valence-corrected chi connectivity index (χ1v) is 9.04. The summed E-state index contributed by atoms with van der Waals surface area (Å²) in [7, 11) is 0. The van der Waals surface area contributed by atoms with Crippen LogP contribution in [-0.4, -0.2) is 46.4 Å². The molecule has 122 valence electrons. The molecule has 0 bridgehead atoms. The summed E-state index contributed by atoms with van der Waals surface area (Å²) in [5.74, 6) is 3.59. The molecular formula is C17H27FN4. The summed E-state index contributed by atoms with van der Waals surface area (Å²) in [6.07, 6.45) is 9.06. The molecule has 22 heavy (non-hydrogen) atoms. The van der Waals surface area contributed by atoms with Crippen LogP contribution in [0.15, 0.2) is 0 Å². The fraction of sp³-hybridized carbons (Fsp3) is 0.882. The molecule has 2 aliphatic carbocycles. The zero-order chi connectivity index (χ0) is 14.9. The largest absolute Gasteiger partial charge is 0.302 e. The fourth-order valence-corrected chi connectivity index (χ4v) is 4.24. The lowest BCUT2D eigenvalue weighted by Gasteiger charge is -2.18. The number of aromatic amines is 1. The number of aromatic nitrogens is 3. The van der Waals surface area contributed by atoms with Crippen molar-refractivity contribution in [2.45, 2.75) is 56.8 Å². The highest BCUT2D eigenvalue weighted by molar-refractivity contribution is 5.08. The topological polar surface area (TPSA) is 44.8 Å². The maximum Gasteiger partial charge on any atom is 0.153 e.